The summed E-state index contributed by atoms with van der Waals surface area (Å²) in [6, 6.07) is 10.9. The summed E-state index contributed by atoms with van der Waals surface area (Å²) in [6.45, 7) is 7.14. The Balaban J connectivity index is 1.57. The molecule has 2 heterocycles. The van der Waals surface area contributed by atoms with Crippen molar-refractivity contribution in [3.8, 4) is 5.88 Å². The SMILES string of the molecule is CC(C)COc1cc(N2CCN(C(=O)[C@H](O)c3ccccc3)CC2)ncn1. The van der Waals surface area contributed by atoms with Gasteiger partial charge in [-0.1, -0.05) is 44.2 Å². The van der Waals surface area contributed by atoms with Crippen LogP contribution < -0.4 is 9.64 Å². The van der Waals surface area contributed by atoms with Crippen LogP contribution in [0.1, 0.15) is 25.5 Å². The van der Waals surface area contributed by atoms with Crippen molar-refractivity contribution in [2.45, 2.75) is 20.0 Å². The Bertz CT molecular complexity index is 746. The molecule has 0 aliphatic carbocycles. The first-order chi connectivity index (χ1) is 13.0. The number of ether oxygens (including phenoxy) is 1. The molecule has 0 radical (unpaired) electrons. The average Bonchev–Trinajstić information content (AvgIpc) is 2.72. The molecule has 1 amide bonds. The first-order valence-corrected chi connectivity index (χ1v) is 9.26. The highest BCUT2D eigenvalue weighted by atomic mass is 16.5. The van der Waals surface area contributed by atoms with E-state index < -0.39 is 6.10 Å². The Kier molecular flexibility index (Phi) is 6.24. The van der Waals surface area contributed by atoms with Gasteiger partial charge in [0.05, 0.1) is 6.61 Å². The van der Waals surface area contributed by atoms with Gasteiger partial charge in [0, 0.05) is 32.2 Å². The van der Waals surface area contributed by atoms with Gasteiger partial charge in [-0.15, -0.1) is 0 Å². The zero-order valence-corrected chi connectivity index (χ0v) is 15.8. The number of piperazine rings is 1. The topological polar surface area (TPSA) is 78.8 Å². The Morgan fingerprint density at radius 2 is 1.85 bits per heavy atom. The van der Waals surface area contributed by atoms with Crippen LogP contribution in [0.25, 0.3) is 0 Å². The van der Waals surface area contributed by atoms with Crippen LogP contribution in [0, 0.1) is 5.92 Å². The zero-order valence-electron chi connectivity index (χ0n) is 15.8. The molecule has 27 heavy (non-hydrogen) atoms. The van der Waals surface area contributed by atoms with Gasteiger partial charge in [-0.3, -0.25) is 4.79 Å². The van der Waals surface area contributed by atoms with E-state index in [0.29, 0.717) is 50.1 Å². The van der Waals surface area contributed by atoms with Crippen molar-refractivity contribution >= 4 is 11.7 Å². The second-order valence-electron chi connectivity index (χ2n) is 7.04. The van der Waals surface area contributed by atoms with Crippen LogP contribution in [0.4, 0.5) is 5.82 Å². The maximum atomic E-state index is 12.6. The van der Waals surface area contributed by atoms with Crippen molar-refractivity contribution < 1.29 is 14.6 Å². The molecule has 1 aromatic heterocycles. The molecule has 0 bridgehead atoms. The lowest BCUT2D eigenvalue weighted by Crippen LogP contribution is -2.50. The maximum absolute atomic E-state index is 12.6. The quantitative estimate of drug-likeness (QED) is 0.837. The molecule has 1 aliphatic rings. The molecular formula is C20H26N4O3. The monoisotopic (exact) mass is 370 g/mol. The highest BCUT2D eigenvalue weighted by Crippen LogP contribution is 2.20. The van der Waals surface area contributed by atoms with E-state index in [1.807, 2.05) is 24.3 Å². The minimum atomic E-state index is -1.12. The third kappa shape index (κ3) is 4.95. The Hall–Kier alpha value is -2.67. The van der Waals surface area contributed by atoms with E-state index in [4.69, 9.17) is 4.74 Å². The number of hydrogen-bond acceptors (Lipinski definition) is 6. The van der Waals surface area contributed by atoms with Gasteiger partial charge in [-0.2, -0.15) is 0 Å². The van der Waals surface area contributed by atoms with Gasteiger partial charge in [-0.25, -0.2) is 9.97 Å². The number of nitrogens with zero attached hydrogens (tertiary/aromatic N) is 4. The number of aliphatic hydroxyl groups is 1. The number of anilines is 1. The number of rotatable bonds is 6. The summed E-state index contributed by atoms with van der Waals surface area (Å²) in [4.78, 5) is 24.8. The molecule has 3 rings (SSSR count). The third-order valence-corrected chi connectivity index (χ3v) is 4.46. The number of aliphatic hydroxyl groups excluding tert-OH is 1. The molecule has 1 atom stereocenters. The van der Waals surface area contributed by atoms with E-state index in [1.54, 1.807) is 17.0 Å². The van der Waals surface area contributed by atoms with Crippen molar-refractivity contribution in [3.05, 3.63) is 48.3 Å². The molecular weight excluding hydrogens is 344 g/mol. The molecule has 2 aromatic rings. The van der Waals surface area contributed by atoms with Crippen LogP contribution in [-0.4, -0.2) is 58.7 Å². The van der Waals surface area contributed by atoms with Crippen molar-refractivity contribution in [2.24, 2.45) is 5.92 Å². The second kappa shape index (κ2) is 8.81. The number of benzene rings is 1. The average molecular weight is 370 g/mol. The molecule has 7 nitrogen and oxygen atoms in total. The molecule has 0 spiro atoms. The van der Waals surface area contributed by atoms with Crippen LogP contribution in [0.3, 0.4) is 0 Å². The normalized spacial score (nSPS) is 15.7. The van der Waals surface area contributed by atoms with Gasteiger partial charge in [0.15, 0.2) is 6.10 Å². The van der Waals surface area contributed by atoms with Gasteiger partial charge in [0.25, 0.3) is 5.91 Å². The van der Waals surface area contributed by atoms with Crippen LogP contribution in [0.15, 0.2) is 42.7 Å². The van der Waals surface area contributed by atoms with Gasteiger partial charge >= 0.3 is 0 Å². The highest BCUT2D eigenvalue weighted by molar-refractivity contribution is 5.82. The summed E-state index contributed by atoms with van der Waals surface area (Å²) < 4.78 is 5.66. The van der Waals surface area contributed by atoms with E-state index >= 15 is 0 Å². The van der Waals surface area contributed by atoms with E-state index in [-0.39, 0.29) is 5.91 Å². The van der Waals surface area contributed by atoms with Gasteiger partial charge in [0.1, 0.15) is 12.1 Å². The fourth-order valence-corrected chi connectivity index (χ4v) is 2.94. The minimum Gasteiger partial charge on any atom is -0.477 e. The van der Waals surface area contributed by atoms with E-state index in [0.717, 1.165) is 5.82 Å². The summed E-state index contributed by atoms with van der Waals surface area (Å²) in [5.41, 5.74) is 0.618. The van der Waals surface area contributed by atoms with E-state index in [2.05, 4.69) is 28.7 Å². The third-order valence-electron chi connectivity index (χ3n) is 4.46. The van der Waals surface area contributed by atoms with Crippen molar-refractivity contribution in [1.29, 1.82) is 0 Å². The van der Waals surface area contributed by atoms with Crippen molar-refractivity contribution in [2.75, 3.05) is 37.7 Å². The minimum absolute atomic E-state index is 0.260. The first kappa shape index (κ1) is 19.1. The zero-order chi connectivity index (χ0) is 19.2. The Labute approximate surface area is 159 Å². The van der Waals surface area contributed by atoms with Crippen molar-refractivity contribution in [1.82, 2.24) is 14.9 Å². The van der Waals surface area contributed by atoms with Crippen LogP contribution in [-0.2, 0) is 4.79 Å². The number of aromatic nitrogens is 2. The molecule has 1 N–H and O–H groups in total. The number of carbonyl (C=O) groups is 1. The van der Waals surface area contributed by atoms with Gasteiger partial charge in [0.2, 0.25) is 5.88 Å². The Morgan fingerprint density at radius 1 is 1.15 bits per heavy atom. The second-order valence-corrected chi connectivity index (χ2v) is 7.04. The molecule has 1 saturated heterocycles. The fraction of sp³-hybridized carbons (Fsp3) is 0.450. The highest BCUT2D eigenvalue weighted by Gasteiger charge is 2.27. The maximum Gasteiger partial charge on any atom is 0.256 e. The molecule has 144 valence electrons. The molecule has 0 unspecified atom stereocenters. The lowest BCUT2D eigenvalue weighted by atomic mass is 10.1. The lowest BCUT2D eigenvalue weighted by Gasteiger charge is -2.36. The number of carbonyl (C=O) groups excluding carboxylic acids is 1. The largest absolute Gasteiger partial charge is 0.477 e. The Morgan fingerprint density at radius 3 is 2.52 bits per heavy atom. The first-order valence-electron chi connectivity index (χ1n) is 9.26. The predicted octanol–water partition coefficient (Wildman–Crippen LogP) is 1.89. The van der Waals surface area contributed by atoms with Crippen LogP contribution in [0.5, 0.6) is 5.88 Å². The van der Waals surface area contributed by atoms with Crippen molar-refractivity contribution in [3.63, 3.8) is 0 Å². The van der Waals surface area contributed by atoms with Gasteiger partial charge in [-0.05, 0) is 11.5 Å². The summed E-state index contributed by atoms with van der Waals surface area (Å²) >= 11 is 0. The van der Waals surface area contributed by atoms with E-state index in [1.165, 1.54) is 6.33 Å². The lowest BCUT2D eigenvalue weighted by molar-refractivity contribution is -0.140. The standard InChI is InChI=1S/C20H26N4O3/c1-15(2)13-27-18-12-17(21-14-22-18)23-8-10-24(11-9-23)20(26)19(25)16-6-4-3-5-7-16/h3-7,12,14-15,19,25H,8-11,13H2,1-2H3/t19-/m1/s1. The van der Waals surface area contributed by atoms with E-state index in [9.17, 15) is 9.90 Å². The summed E-state index contributed by atoms with van der Waals surface area (Å²) in [5.74, 6) is 1.52. The smallest absolute Gasteiger partial charge is 0.256 e. The van der Waals surface area contributed by atoms with Crippen LogP contribution in [0.2, 0.25) is 0 Å². The molecule has 7 heteroatoms. The summed E-state index contributed by atoms with van der Waals surface area (Å²) in [6.07, 6.45) is 0.384. The number of hydrogen-bond donors (Lipinski definition) is 1. The molecule has 1 aliphatic heterocycles. The summed E-state index contributed by atoms with van der Waals surface area (Å²) in [7, 11) is 0. The molecule has 0 saturated carbocycles. The fourth-order valence-electron chi connectivity index (χ4n) is 2.94. The predicted molar refractivity (Wildman–Crippen MR) is 103 cm³/mol. The summed E-state index contributed by atoms with van der Waals surface area (Å²) in [5, 5.41) is 10.3. The molecule has 1 fully saturated rings. The van der Waals surface area contributed by atoms with Crippen LogP contribution >= 0.6 is 0 Å². The molecule has 1 aromatic carbocycles. The van der Waals surface area contributed by atoms with Gasteiger partial charge < -0.3 is 19.6 Å². The number of amides is 1.